The van der Waals surface area contributed by atoms with Crippen molar-refractivity contribution in [1.29, 1.82) is 0 Å². The zero-order valence-corrected chi connectivity index (χ0v) is 13.2. The number of benzene rings is 1. The summed E-state index contributed by atoms with van der Waals surface area (Å²) in [5.41, 5.74) is 6.92. The summed E-state index contributed by atoms with van der Waals surface area (Å²) < 4.78 is 34.2. The highest BCUT2D eigenvalue weighted by atomic mass is 32.2. The van der Waals surface area contributed by atoms with Crippen LogP contribution in [0, 0.1) is 0 Å². The molecule has 118 valence electrons. The van der Waals surface area contributed by atoms with Crippen molar-refractivity contribution < 1.29 is 13.2 Å². The van der Waals surface area contributed by atoms with Crippen molar-refractivity contribution in [2.24, 2.45) is 5.73 Å². The third-order valence-corrected chi connectivity index (χ3v) is 4.95. The average molecular weight is 313 g/mol. The molecule has 1 saturated heterocycles. The zero-order chi connectivity index (χ0) is 15.5. The molecule has 3 atom stereocenters. The molecular formula is C14H23N3O3S. The second-order valence-electron chi connectivity index (χ2n) is 5.44. The fourth-order valence-corrected chi connectivity index (χ4v) is 3.82. The van der Waals surface area contributed by atoms with Gasteiger partial charge < -0.3 is 10.5 Å². The van der Waals surface area contributed by atoms with Crippen molar-refractivity contribution in [3.8, 4) is 0 Å². The maximum Gasteiger partial charge on any atom is 0.279 e. The molecule has 2 rings (SSSR count). The minimum Gasteiger partial charge on any atom is -0.373 e. The van der Waals surface area contributed by atoms with Gasteiger partial charge in [0.15, 0.2) is 0 Å². The summed E-state index contributed by atoms with van der Waals surface area (Å²) in [5, 5.41) is 0. The van der Waals surface area contributed by atoms with Crippen molar-refractivity contribution in [3.05, 3.63) is 35.9 Å². The van der Waals surface area contributed by atoms with Crippen molar-refractivity contribution in [2.75, 3.05) is 19.6 Å². The van der Waals surface area contributed by atoms with Gasteiger partial charge in [0.25, 0.3) is 10.2 Å². The van der Waals surface area contributed by atoms with E-state index in [1.165, 1.54) is 4.31 Å². The summed E-state index contributed by atoms with van der Waals surface area (Å²) in [6.45, 7) is 4.63. The van der Waals surface area contributed by atoms with Crippen molar-refractivity contribution >= 4 is 10.2 Å². The highest BCUT2D eigenvalue weighted by Crippen LogP contribution is 2.14. The molecule has 0 bridgehead atoms. The van der Waals surface area contributed by atoms with Crippen molar-refractivity contribution in [2.45, 2.75) is 32.1 Å². The molecule has 21 heavy (non-hydrogen) atoms. The van der Waals surface area contributed by atoms with E-state index >= 15 is 0 Å². The van der Waals surface area contributed by atoms with E-state index in [9.17, 15) is 8.42 Å². The van der Waals surface area contributed by atoms with Gasteiger partial charge >= 0.3 is 0 Å². The van der Waals surface area contributed by atoms with Crippen LogP contribution < -0.4 is 10.5 Å². The molecule has 0 saturated carbocycles. The molecule has 0 unspecified atom stereocenters. The Morgan fingerprint density at radius 3 is 2.43 bits per heavy atom. The summed E-state index contributed by atoms with van der Waals surface area (Å²) in [7, 11) is -3.53. The van der Waals surface area contributed by atoms with Gasteiger partial charge in [-0.15, -0.1) is 0 Å². The van der Waals surface area contributed by atoms with E-state index in [4.69, 9.17) is 10.5 Å². The molecule has 1 aliphatic rings. The van der Waals surface area contributed by atoms with E-state index < -0.39 is 10.2 Å². The van der Waals surface area contributed by atoms with Crippen LogP contribution in [0.25, 0.3) is 0 Å². The van der Waals surface area contributed by atoms with Crippen LogP contribution in [0.3, 0.4) is 0 Å². The summed E-state index contributed by atoms with van der Waals surface area (Å²) in [4.78, 5) is 0. The topological polar surface area (TPSA) is 84.7 Å². The first-order valence-electron chi connectivity index (χ1n) is 7.09. The molecule has 1 aliphatic heterocycles. The van der Waals surface area contributed by atoms with Crippen LogP contribution in [0.2, 0.25) is 0 Å². The zero-order valence-electron chi connectivity index (χ0n) is 12.4. The molecule has 6 nitrogen and oxygen atoms in total. The van der Waals surface area contributed by atoms with Crippen LogP contribution in [0.1, 0.15) is 25.5 Å². The lowest BCUT2D eigenvalue weighted by atomic mass is 10.1. The summed E-state index contributed by atoms with van der Waals surface area (Å²) in [6.07, 6.45) is -0.207. The van der Waals surface area contributed by atoms with E-state index in [-0.39, 0.29) is 24.8 Å². The number of nitrogens with two attached hydrogens (primary N) is 1. The number of hydrogen-bond acceptors (Lipinski definition) is 4. The maximum atomic E-state index is 12.3. The molecule has 1 fully saturated rings. The standard InChI is InChI=1S/C14H23N3O3S/c1-11-9-17(10-12(2)20-11)21(18,19)16-8-14(15)13-6-4-3-5-7-13/h3-7,11-12,14,16H,8-10,15H2,1-2H3/t11-,12-,14+/m1/s1. The Labute approximate surface area is 126 Å². The Morgan fingerprint density at radius 2 is 1.86 bits per heavy atom. The Balaban J connectivity index is 1.95. The fraction of sp³-hybridized carbons (Fsp3) is 0.571. The van der Waals surface area contributed by atoms with Crippen LogP contribution in [0.5, 0.6) is 0 Å². The second kappa shape index (κ2) is 6.85. The number of ether oxygens (including phenoxy) is 1. The molecule has 0 spiro atoms. The Hall–Kier alpha value is -0.990. The van der Waals surface area contributed by atoms with Crippen LogP contribution >= 0.6 is 0 Å². The van der Waals surface area contributed by atoms with E-state index in [0.717, 1.165) is 5.56 Å². The van der Waals surface area contributed by atoms with E-state index in [2.05, 4.69) is 4.72 Å². The monoisotopic (exact) mass is 313 g/mol. The number of morpholine rings is 1. The first kappa shape index (κ1) is 16.4. The Kier molecular flexibility index (Phi) is 5.34. The van der Waals surface area contributed by atoms with Crippen LogP contribution in [-0.4, -0.2) is 44.6 Å². The molecule has 0 aliphatic carbocycles. The third-order valence-electron chi connectivity index (χ3n) is 3.44. The highest BCUT2D eigenvalue weighted by Gasteiger charge is 2.30. The molecule has 0 aromatic heterocycles. The first-order valence-corrected chi connectivity index (χ1v) is 8.53. The fourth-order valence-electron chi connectivity index (χ4n) is 2.43. The van der Waals surface area contributed by atoms with Gasteiger partial charge in [-0.3, -0.25) is 0 Å². The first-order chi connectivity index (χ1) is 9.88. The van der Waals surface area contributed by atoms with Crippen LogP contribution in [0.4, 0.5) is 0 Å². The SMILES string of the molecule is C[C@@H]1CN(S(=O)(=O)NC[C@H](N)c2ccccc2)C[C@@H](C)O1. The minimum absolute atomic E-state index is 0.104. The summed E-state index contributed by atoms with van der Waals surface area (Å²) in [5.74, 6) is 0. The van der Waals surface area contributed by atoms with Crippen molar-refractivity contribution in [3.63, 3.8) is 0 Å². The average Bonchev–Trinajstić information content (AvgIpc) is 2.45. The van der Waals surface area contributed by atoms with E-state index in [1.54, 1.807) is 0 Å². The predicted molar refractivity (Wildman–Crippen MR) is 81.9 cm³/mol. The van der Waals surface area contributed by atoms with E-state index in [0.29, 0.717) is 13.1 Å². The number of nitrogens with one attached hydrogen (secondary N) is 1. The lowest BCUT2D eigenvalue weighted by Crippen LogP contribution is -2.52. The highest BCUT2D eigenvalue weighted by molar-refractivity contribution is 7.87. The molecule has 0 radical (unpaired) electrons. The lowest BCUT2D eigenvalue weighted by molar-refractivity contribution is -0.0443. The molecule has 0 amide bonds. The van der Waals surface area contributed by atoms with Gasteiger partial charge in [-0.05, 0) is 19.4 Å². The predicted octanol–water partition coefficient (Wildman–Crippen LogP) is 0.630. The minimum atomic E-state index is -3.53. The second-order valence-corrected chi connectivity index (χ2v) is 7.20. The van der Waals surface area contributed by atoms with Gasteiger partial charge in [0, 0.05) is 25.7 Å². The van der Waals surface area contributed by atoms with Gasteiger partial charge in [-0.1, -0.05) is 30.3 Å². The number of hydrogen-bond donors (Lipinski definition) is 2. The van der Waals surface area contributed by atoms with Gasteiger partial charge in [0.2, 0.25) is 0 Å². The lowest BCUT2D eigenvalue weighted by Gasteiger charge is -2.34. The molecule has 7 heteroatoms. The van der Waals surface area contributed by atoms with Gasteiger partial charge in [0.1, 0.15) is 0 Å². The molecule has 1 heterocycles. The van der Waals surface area contributed by atoms with Gasteiger partial charge in [-0.2, -0.15) is 12.7 Å². The van der Waals surface area contributed by atoms with Gasteiger partial charge in [0.05, 0.1) is 12.2 Å². The number of nitrogens with zero attached hydrogens (tertiary/aromatic N) is 1. The smallest absolute Gasteiger partial charge is 0.279 e. The maximum absolute atomic E-state index is 12.3. The summed E-state index contributed by atoms with van der Waals surface area (Å²) in [6, 6.07) is 9.08. The summed E-state index contributed by atoms with van der Waals surface area (Å²) >= 11 is 0. The Bertz CT molecular complexity index is 540. The normalized spacial score (nSPS) is 25.7. The Morgan fingerprint density at radius 1 is 1.29 bits per heavy atom. The quantitative estimate of drug-likeness (QED) is 0.835. The number of rotatable bonds is 5. The third kappa shape index (κ3) is 4.49. The molecular weight excluding hydrogens is 290 g/mol. The molecule has 3 N–H and O–H groups in total. The van der Waals surface area contributed by atoms with Crippen molar-refractivity contribution in [1.82, 2.24) is 9.03 Å². The van der Waals surface area contributed by atoms with Crippen LogP contribution in [0.15, 0.2) is 30.3 Å². The largest absolute Gasteiger partial charge is 0.373 e. The van der Waals surface area contributed by atoms with Crippen LogP contribution in [-0.2, 0) is 14.9 Å². The molecule has 1 aromatic rings. The van der Waals surface area contributed by atoms with Gasteiger partial charge in [-0.25, -0.2) is 4.72 Å². The van der Waals surface area contributed by atoms with E-state index in [1.807, 2.05) is 44.2 Å². The molecule has 1 aromatic carbocycles.